The Morgan fingerprint density at radius 1 is 1.21 bits per heavy atom. The third kappa shape index (κ3) is 4.87. The lowest BCUT2D eigenvalue weighted by molar-refractivity contribution is -0.113. The summed E-state index contributed by atoms with van der Waals surface area (Å²) in [5.74, 6) is 0.377. The molecule has 1 N–H and O–H groups in total. The van der Waals surface area contributed by atoms with Gasteiger partial charge in [0, 0.05) is 17.9 Å². The molecular formula is C19H27N3OS. The molecule has 24 heavy (non-hydrogen) atoms. The van der Waals surface area contributed by atoms with E-state index in [0.717, 1.165) is 42.3 Å². The Balaban J connectivity index is 1.94. The van der Waals surface area contributed by atoms with Gasteiger partial charge in [-0.1, -0.05) is 44.2 Å². The number of aromatic nitrogens is 2. The van der Waals surface area contributed by atoms with E-state index in [0.29, 0.717) is 5.75 Å². The molecule has 130 valence electrons. The van der Waals surface area contributed by atoms with Crippen molar-refractivity contribution in [3.05, 3.63) is 41.2 Å². The maximum atomic E-state index is 12.2. The number of aryl methyl sites for hydroxylation is 2. The zero-order chi connectivity index (χ0) is 17.5. The van der Waals surface area contributed by atoms with E-state index in [-0.39, 0.29) is 5.91 Å². The molecule has 1 heterocycles. The molecule has 0 bridgehead atoms. The van der Waals surface area contributed by atoms with Crippen molar-refractivity contribution >= 4 is 23.4 Å². The molecule has 0 aliphatic carbocycles. The zero-order valence-electron chi connectivity index (χ0n) is 15.1. The van der Waals surface area contributed by atoms with Crippen molar-refractivity contribution in [3.8, 4) is 0 Å². The molecule has 1 aromatic heterocycles. The largest absolute Gasteiger partial charge is 0.325 e. The van der Waals surface area contributed by atoms with Crippen molar-refractivity contribution in [2.45, 2.75) is 58.7 Å². The lowest BCUT2D eigenvalue weighted by atomic mass is 10.1. The van der Waals surface area contributed by atoms with Crippen LogP contribution < -0.4 is 5.32 Å². The Bertz CT molecular complexity index is 677. The van der Waals surface area contributed by atoms with Crippen LogP contribution in [0, 0.1) is 13.8 Å². The number of imidazole rings is 1. The predicted octanol–water partition coefficient (Wildman–Crippen LogP) is 4.59. The molecule has 0 radical (unpaired) electrons. The third-order valence-electron chi connectivity index (χ3n) is 4.14. The smallest absolute Gasteiger partial charge is 0.234 e. The topological polar surface area (TPSA) is 46.9 Å². The van der Waals surface area contributed by atoms with Gasteiger partial charge in [0.1, 0.15) is 0 Å². The number of hydrogen-bond acceptors (Lipinski definition) is 3. The van der Waals surface area contributed by atoms with E-state index in [2.05, 4.69) is 35.6 Å². The number of anilines is 1. The zero-order valence-corrected chi connectivity index (χ0v) is 15.9. The lowest BCUT2D eigenvalue weighted by Crippen LogP contribution is -2.14. The van der Waals surface area contributed by atoms with Crippen molar-refractivity contribution in [2.24, 2.45) is 0 Å². The molecule has 0 aliphatic heterocycles. The van der Waals surface area contributed by atoms with Gasteiger partial charge in [0.25, 0.3) is 0 Å². The molecule has 0 unspecified atom stereocenters. The van der Waals surface area contributed by atoms with Crippen molar-refractivity contribution in [1.82, 2.24) is 9.55 Å². The number of carbonyl (C=O) groups excluding carboxylic acids is 1. The molecule has 4 nitrogen and oxygen atoms in total. The molecule has 1 aromatic carbocycles. The third-order valence-corrected chi connectivity index (χ3v) is 5.11. The van der Waals surface area contributed by atoms with Gasteiger partial charge in [0.05, 0.1) is 11.4 Å². The molecular weight excluding hydrogens is 318 g/mol. The maximum Gasteiger partial charge on any atom is 0.234 e. The summed E-state index contributed by atoms with van der Waals surface area (Å²) in [4.78, 5) is 16.8. The van der Waals surface area contributed by atoms with Gasteiger partial charge in [-0.2, -0.15) is 0 Å². The highest BCUT2D eigenvalue weighted by molar-refractivity contribution is 7.99. The first-order chi connectivity index (χ1) is 11.5. The Labute approximate surface area is 149 Å². The molecule has 0 aliphatic rings. The molecule has 0 saturated carbocycles. The molecule has 2 aromatic rings. The average molecular weight is 346 g/mol. The minimum atomic E-state index is 0.00426. The fourth-order valence-corrected chi connectivity index (χ4v) is 3.38. The fourth-order valence-electron chi connectivity index (χ4n) is 2.46. The Hall–Kier alpha value is -1.75. The Morgan fingerprint density at radius 3 is 2.54 bits per heavy atom. The summed E-state index contributed by atoms with van der Waals surface area (Å²) in [5.41, 5.74) is 4.36. The van der Waals surface area contributed by atoms with Crippen LogP contribution in [-0.2, 0) is 17.8 Å². The SMILES string of the molecule is CCCCn1c(SCC(=O)Nc2ccc(CC)cc2)nc(C)c1C. The monoisotopic (exact) mass is 345 g/mol. The van der Waals surface area contributed by atoms with E-state index >= 15 is 0 Å². The number of carbonyl (C=O) groups is 1. The van der Waals surface area contributed by atoms with Gasteiger partial charge in [-0.15, -0.1) is 0 Å². The van der Waals surface area contributed by atoms with E-state index in [1.54, 1.807) is 0 Å². The summed E-state index contributed by atoms with van der Waals surface area (Å²) in [6.07, 6.45) is 3.28. The van der Waals surface area contributed by atoms with Crippen molar-refractivity contribution in [2.75, 3.05) is 11.1 Å². The number of rotatable bonds is 8. The van der Waals surface area contributed by atoms with Gasteiger partial charge in [-0.05, 0) is 44.4 Å². The molecule has 0 atom stereocenters. The normalized spacial score (nSPS) is 10.8. The summed E-state index contributed by atoms with van der Waals surface area (Å²) in [7, 11) is 0. The highest BCUT2D eigenvalue weighted by Gasteiger charge is 2.13. The number of amides is 1. The number of nitrogens with zero attached hydrogens (tertiary/aromatic N) is 2. The Morgan fingerprint density at radius 2 is 1.92 bits per heavy atom. The summed E-state index contributed by atoms with van der Waals surface area (Å²) in [5, 5.41) is 3.89. The number of nitrogens with one attached hydrogen (secondary N) is 1. The fraction of sp³-hybridized carbons (Fsp3) is 0.474. The second kappa shape index (κ2) is 8.92. The second-order valence-corrected chi connectivity index (χ2v) is 6.90. The quantitative estimate of drug-likeness (QED) is 0.712. The van der Waals surface area contributed by atoms with Crippen LogP contribution in [0.3, 0.4) is 0 Å². The van der Waals surface area contributed by atoms with Gasteiger partial charge < -0.3 is 9.88 Å². The van der Waals surface area contributed by atoms with Gasteiger partial charge in [0.15, 0.2) is 5.16 Å². The average Bonchev–Trinajstić information content (AvgIpc) is 2.86. The second-order valence-electron chi connectivity index (χ2n) is 5.96. The van der Waals surface area contributed by atoms with E-state index in [4.69, 9.17) is 0 Å². The van der Waals surface area contributed by atoms with Crippen LogP contribution in [0.15, 0.2) is 29.4 Å². The molecule has 0 fully saturated rings. The van der Waals surface area contributed by atoms with Gasteiger partial charge in [-0.3, -0.25) is 4.79 Å². The van der Waals surface area contributed by atoms with Crippen LogP contribution in [0.4, 0.5) is 5.69 Å². The van der Waals surface area contributed by atoms with Crippen LogP contribution in [0.1, 0.15) is 43.6 Å². The molecule has 0 saturated heterocycles. The van der Waals surface area contributed by atoms with E-state index in [1.165, 1.54) is 23.0 Å². The Kier molecular flexibility index (Phi) is 6.91. The minimum absolute atomic E-state index is 0.00426. The van der Waals surface area contributed by atoms with Gasteiger partial charge in [0.2, 0.25) is 5.91 Å². The number of hydrogen-bond donors (Lipinski definition) is 1. The first-order valence-electron chi connectivity index (χ1n) is 8.60. The number of benzene rings is 1. The van der Waals surface area contributed by atoms with Crippen molar-refractivity contribution in [3.63, 3.8) is 0 Å². The molecule has 5 heteroatoms. The summed E-state index contributed by atoms with van der Waals surface area (Å²) in [6.45, 7) is 9.39. The summed E-state index contributed by atoms with van der Waals surface area (Å²) in [6, 6.07) is 8.01. The first kappa shape index (κ1) is 18.6. The summed E-state index contributed by atoms with van der Waals surface area (Å²) < 4.78 is 2.23. The standard InChI is InChI=1S/C19H27N3OS/c1-5-7-12-22-15(4)14(3)20-19(22)24-13-18(23)21-17-10-8-16(6-2)9-11-17/h8-11H,5-7,12-13H2,1-4H3,(H,21,23). The highest BCUT2D eigenvalue weighted by atomic mass is 32.2. The molecule has 1 amide bonds. The maximum absolute atomic E-state index is 12.2. The van der Waals surface area contributed by atoms with Crippen LogP contribution in [-0.4, -0.2) is 21.2 Å². The van der Waals surface area contributed by atoms with Crippen molar-refractivity contribution in [1.29, 1.82) is 0 Å². The van der Waals surface area contributed by atoms with Crippen LogP contribution >= 0.6 is 11.8 Å². The van der Waals surface area contributed by atoms with E-state index < -0.39 is 0 Å². The van der Waals surface area contributed by atoms with Gasteiger partial charge >= 0.3 is 0 Å². The summed E-state index contributed by atoms with van der Waals surface area (Å²) >= 11 is 1.51. The minimum Gasteiger partial charge on any atom is -0.325 e. The van der Waals surface area contributed by atoms with Gasteiger partial charge in [-0.25, -0.2) is 4.98 Å². The van der Waals surface area contributed by atoms with Crippen LogP contribution in [0.2, 0.25) is 0 Å². The van der Waals surface area contributed by atoms with E-state index in [1.807, 2.05) is 31.2 Å². The molecule has 0 spiro atoms. The van der Waals surface area contributed by atoms with Crippen LogP contribution in [0.25, 0.3) is 0 Å². The number of thioether (sulfide) groups is 1. The lowest BCUT2D eigenvalue weighted by Gasteiger charge is -2.09. The highest BCUT2D eigenvalue weighted by Crippen LogP contribution is 2.22. The predicted molar refractivity (Wildman–Crippen MR) is 102 cm³/mol. The first-order valence-corrected chi connectivity index (χ1v) is 9.59. The molecule has 2 rings (SSSR count). The van der Waals surface area contributed by atoms with E-state index in [9.17, 15) is 4.79 Å². The number of unbranched alkanes of at least 4 members (excludes halogenated alkanes) is 1. The van der Waals surface area contributed by atoms with Crippen LogP contribution in [0.5, 0.6) is 0 Å². The van der Waals surface area contributed by atoms with Crippen molar-refractivity contribution < 1.29 is 4.79 Å².